The Kier molecular flexibility index (Phi) is 8.24. The highest BCUT2D eigenvalue weighted by atomic mass is 32.2. The average molecular weight is 553 g/mol. The number of carbonyl (C=O) groups is 3. The molecule has 2 fully saturated rings. The molecule has 1 N–H and O–H groups in total. The number of allylic oxidation sites excluding steroid dienone is 1. The molecule has 0 radical (unpaired) electrons. The molecule has 7 nitrogen and oxygen atoms in total. The van der Waals surface area contributed by atoms with Gasteiger partial charge in [0, 0.05) is 17.8 Å². The Bertz CT molecular complexity index is 1140. The lowest BCUT2D eigenvalue weighted by atomic mass is 9.74. The van der Waals surface area contributed by atoms with Crippen LogP contribution in [0.3, 0.4) is 0 Å². The molecule has 4 aliphatic heterocycles. The van der Waals surface area contributed by atoms with Gasteiger partial charge in [0.1, 0.15) is 6.04 Å². The molecule has 8 heteroatoms. The van der Waals surface area contributed by atoms with Gasteiger partial charge in [0.2, 0.25) is 11.8 Å². The Morgan fingerprint density at radius 2 is 1.87 bits per heavy atom. The average Bonchev–Trinajstić information content (AvgIpc) is 3.27. The summed E-state index contributed by atoms with van der Waals surface area (Å²) in [6, 6.07) is 8.33. The van der Waals surface area contributed by atoms with Crippen molar-refractivity contribution in [3.05, 3.63) is 60.2 Å². The fraction of sp³-hybridized carbons (Fsp3) is 0.581. The standard InChI is InChI=1S/C31H40N2O5S/c1-3-4-17-32-18-12-16-31-24(25-29(37)38-19-11-6-5-10-15-30(25,2)39-31)27(35)33(26(31)28(32)36)23(21-34)20-22-13-8-7-9-14-22/h7-10,12-16,23-26,34H,3-6,11,17-21H2,1-2H3/b15-10-/t23-,24+,25-,26?,30+,31+/m1/s1. The first kappa shape index (κ1) is 28.0. The van der Waals surface area contributed by atoms with Crippen LogP contribution in [-0.2, 0) is 25.5 Å². The van der Waals surface area contributed by atoms with Crippen LogP contribution < -0.4 is 0 Å². The quantitative estimate of drug-likeness (QED) is 0.410. The summed E-state index contributed by atoms with van der Waals surface area (Å²) in [6.07, 6.45) is 13.1. The zero-order valence-corrected chi connectivity index (χ0v) is 23.8. The van der Waals surface area contributed by atoms with E-state index in [1.807, 2.05) is 54.3 Å². The largest absolute Gasteiger partial charge is 0.465 e. The highest BCUT2D eigenvalue weighted by Crippen LogP contribution is 2.65. The van der Waals surface area contributed by atoms with Crippen LogP contribution in [-0.4, -0.2) is 80.6 Å². The van der Waals surface area contributed by atoms with E-state index in [4.69, 9.17) is 4.74 Å². The lowest BCUT2D eigenvalue weighted by Crippen LogP contribution is -2.57. The maximum atomic E-state index is 14.6. The van der Waals surface area contributed by atoms with Crippen LogP contribution in [0.5, 0.6) is 0 Å². The van der Waals surface area contributed by atoms with Crippen molar-refractivity contribution >= 4 is 29.5 Å². The number of nitrogens with zero attached hydrogens (tertiary/aromatic N) is 2. The number of fused-ring (bicyclic) bond motifs is 2. The molecule has 0 saturated carbocycles. The minimum absolute atomic E-state index is 0.104. The number of unbranched alkanes of at least 4 members (excludes halogenated alkanes) is 1. The normalized spacial score (nSPS) is 34.1. The molecule has 210 valence electrons. The Balaban J connectivity index is 1.63. The fourth-order valence-electron chi connectivity index (χ4n) is 6.86. The summed E-state index contributed by atoms with van der Waals surface area (Å²) in [5.74, 6) is -2.20. The van der Waals surface area contributed by atoms with Gasteiger partial charge < -0.3 is 19.6 Å². The molecule has 5 rings (SSSR count). The number of rotatable bonds is 7. The monoisotopic (exact) mass is 552 g/mol. The second kappa shape index (κ2) is 11.5. The van der Waals surface area contributed by atoms with Gasteiger partial charge in [-0.25, -0.2) is 0 Å². The Hall–Kier alpha value is -2.58. The summed E-state index contributed by atoms with van der Waals surface area (Å²) in [5.41, 5.74) is 0.980. The molecule has 1 unspecified atom stereocenters. The number of benzene rings is 1. The number of esters is 1. The molecule has 4 aliphatic rings. The Labute approximate surface area is 235 Å². The molecule has 0 aromatic heterocycles. The van der Waals surface area contributed by atoms with Crippen molar-refractivity contribution in [3.8, 4) is 0 Å². The maximum Gasteiger partial charge on any atom is 0.311 e. The van der Waals surface area contributed by atoms with Gasteiger partial charge in [-0.1, -0.05) is 68.0 Å². The van der Waals surface area contributed by atoms with E-state index in [0.29, 0.717) is 26.1 Å². The van der Waals surface area contributed by atoms with Gasteiger partial charge in [-0.15, -0.1) is 11.8 Å². The van der Waals surface area contributed by atoms with Gasteiger partial charge in [0.05, 0.1) is 35.8 Å². The van der Waals surface area contributed by atoms with Crippen LogP contribution in [0.25, 0.3) is 0 Å². The summed E-state index contributed by atoms with van der Waals surface area (Å²) >= 11 is 1.56. The molecule has 2 saturated heterocycles. The van der Waals surface area contributed by atoms with E-state index in [9.17, 15) is 19.5 Å². The van der Waals surface area contributed by atoms with Crippen molar-refractivity contribution in [3.63, 3.8) is 0 Å². The van der Waals surface area contributed by atoms with E-state index < -0.39 is 33.4 Å². The smallest absolute Gasteiger partial charge is 0.311 e. The van der Waals surface area contributed by atoms with E-state index >= 15 is 0 Å². The minimum atomic E-state index is -0.934. The zero-order valence-electron chi connectivity index (χ0n) is 23.0. The first-order valence-electron chi connectivity index (χ1n) is 14.3. The Morgan fingerprint density at radius 1 is 1.08 bits per heavy atom. The SMILES string of the molecule is CCCCN1CC=C[C@]23S[C@@]4(C)/C=C\CCCCOC(=O)[C@H]4[C@H]2C(=O)N([C@@H](CO)Cc2ccccc2)C3C1=O. The highest BCUT2D eigenvalue weighted by molar-refractivity contribution is 8.02. The van der Waals surface area contributed by atoms with E-state index in [-0.39, 0.29) is 24.4 Å². The number of hydrogen-bond acceptors (Lipinski definition) is 6. The van der Waals surface area contributed by atoms with Gasteiger partial charge in [0.25, 0.3) is 0 Å². The van der Waals surface area contributed by atoms with Crippen molar-refractivity contribution in [2.24, 2.45) is 11.8 Å². The molecule has 1 spiro atoms. The number of cyclic esters (lactones) is 1. The van der Waals surface area contributed by atoms with Gasteiger partial charge in [-0.2, -0.15) is 0 Å². The number of hydrogen-bond donors (Lipinski definition) is 1. The number of ether oxygens (including phenoxy) is 1. The predicted molar refractivity (Wildman–Crippen MR) is 152 cm³/mol. The van der Waals surface area contributed by atoms with Crippen molar-refractivity contribution in [2.45, 2.75) is 74.0 Å². The molecule has 4 heterocycles. The molecule has 1 aromatic rings. The number of aliphatic hydroxyl groups is 1. The molecule has 6 atom stereocenters. The predicted octanol–water partition coefficient (Wildman–Crippen LogP) is 3.76. The second-order valence-electron chi connectivity index (χ2n) is 11.4. The van der Waals surface area contributed by atoms with Gasteiger partial charge in [0.15, 0.2) is 0 Å². The summed E-state index contributed by atoms with van der Waals surface area (Å²) in [4.78, 5) is 46.1. The fourth-order valence-corrected chi connectivity index (χ4v) is 9.00. The van der Waals surface area contributed by atoms with Crippen LogP contribution in [0, 0.1) is 11.8 Å². The topological polar surface area (TPSA) is 87.2 Å². The van der Waals surface area contributed by atoms with Crippen LogP contribution in [0.4, 0.5) is 0 Å². The summed E-state index contributed by atoms with van der Waals surface area (Å²) in [6.45, 7) is 5.23. The van der Waals surface area contributed by atoms with Crippen molar-refractivity contribution < 1.29 is 24.2 Å². The third kappa shape index (κ3) is 4.95. The summed E-state index contributed by atoms with van der Waals surface area (Å²) in [5, 5.41) is 10.6. The number of thioether (sulfide) groups is 1. The van der Waals surface area contributed by atoms with Crippen LogP contribution in [0.15, 0.2) is 54.6 Å². The molecule has 39 heavy (non-hydrogen) atoms. The molecular formula is C31H40N2O5S. The van der Waals surface area contributed by atoms with Crippen molar-refractivity contribution in [2.75, 3.05) is 26.3 Å². The summed E-state index contributed by atoms with van der Waals surface area (Å²) < 4.78 is 4.12. The number of amides is 2. The first-order valence-corrected chi connectivity index (χ1v) is 15.2. The third-order valence-corrected chi connectivity index (χ3v) is 10.5. The zero-order chi connectivity index (χ0) is 27.6. The van der Waals surface area contributed by atoms with Crippen LogP contribution >= 0.6 is 11.8 Å². The minimum Gasteiger partial charge on any atom is -0.465 e. The van der Waals surface area contributed by atoms with Crippen LogP contribution in [0.1, 0.15) is 51.5 Å². The molecule has 0 aliphatic carbocycles. The van der Waals surface area contributed by atoms with E-state index in [0.717, 1.165) is 37.7 Å². The first-order chi connectivity index (χ1) is 18.9. The van der Waals surface area contributed by atoms with Gasteiger partial charge >= 0.3 is 5.97 Å². The Morgan fingerprint density at radius 3 is 2.62 bits per heavy atom. The molecule has 2 amide bonds. The lowest BCUT2D eigenvalue weighted by molar-refractivity contribution is -0.154. The third-order valence-electron chi connectivity index (χ3n) is 8.72. The van der Waals surface area contributed by atoms with Gasteiger partial charge in [-0.05, 0) is 44.6 Å². The second-order valence-corrected chi connectivity index (χ2v) is 13.2. The van der Waals surface area contributed by atoms with Gasteiger partial charge in [-0.3, -0.25) is 14.4 Å². The van der Waals surface area contributed by atoms with E-state index in [1.54, 1.807) is 16.7 Å². The highest BCUT2D eigenvalue weighted by Gasteiger charge is 2.74. The maximum absolute atomic E-state index is 14.6. The van der Waals surface area contributed by atoms with Crippen molar-refractivity contribution in [1.82, 2.24) is 9.80 Å². The molecular weight excluding hydrogens is 512 g/mol. The van der Waals surface area contributed by atoms with Crippen LogP contribution in [0.2, 0.25) is 0 Å². The number of likely N-dealkylation sites (tertiary alicyclic amines) is 1. The molecule has 1 aromatic carbocycles. The summed E-state index contributed by atoms with van der Waals surface area (Å²) in [7, 11) is 0. The molecule has 0 bridgehead atoms. The van der Waals surface area contributed by atoms with Crippen molar-refractivity contribution in [1.29, 1.82) is 0 Å². The number of carbonyl (C=O) groups excluding carboxylic acids is 3. The lowest BCUT2D eigenvalue weighted by Gasteiger charge is -2.40. The van der Waals surface area contributed by atoms with E-state index in [2.05, 4.69) is 19.1 Å². The van der Waals surface area contributed by atoms with E-state index in [1.165, 1.54) is 0 Å². The number of aliphatic hydroxyl groups excluding tert-OH is 1.